The molecule has 6 heteroatoms. The molecule has 0 radical (unpaired) electrons. The van der Waals surface area contributed by atoms with Gasteiger partial charge in [-0.15, -0.1) is 11.3 Å². The van der Waals surface area contributed by atoms with Crippen molar-refractivity contribution in [2.45, 2.75) is 0 Å². The first kappa shape index (κ1) is 17.1. The van der Waals surface area contributed by atoms with Gasteiger partial charge in [-0.05, 0) is 11.5 Å². The molecule has 0 spiro atoms. The number of hydrogen-bond donors (Lipinski definition) is 2. The Balaban J connectivity index is 1.79. The Morgan fingerprint density at radius 1 is 0.714 bits per heavy atom. The zero-order valence-corrected chi connectivity index (χ0v) is 15.6. The molecule has 3 aromatic carbocycles. The lowest BCUT2D eigenvalue weighted by Crippen LogP contribution is -2.29. The maximum absolute atomic E-state index is 9.34. The summed E-state index contributed by atoms with van der Waals surface area (Å²) in [4.78, 5) is 9.75. The van der Waals surface area contributed by atoms with Gasteiger partial charge in [0.05, 0.1) is 15.9 Å². The van der Waals surface area contributed by atoms with Gasteiger partial charge in [0.25, 0.3) is 0 Å². The van der Waals surface area contributed by atoms with Crippen LogP contribution in [0.3, 0.4) is 0 Å². The highest BCUT2D eigenvalue weighted by atomic mass is 32.1. The Bertz CT molecular complexity index is 1280. The van der Waals surface area contributed by atoms with Gasteiger partial charge in [-0.2, -0.15) is 0 Å². The predicted octanol–water partition coefficient (Wildman–Crippen LogP) is 3.86. The molecule has 5 rings (SSSR count). The molecular weight excluding hydrogens is 367 g/mol. The van der Waals surface area contributed by atoms with E-state index in [2.05, 4.69) is 24.3 Å². The van der Waals surface area contributed by atoms with E-state index in [1.165, 1.54) is 4.70 Å². The number of benzene rings is 3. The smallest absolute Gasteiger partial charge is 0.423 e. The van der Waals surface area contributed by atoms with Crippen LogP contribution in [0.5, 0.6) is 0 Å². The summed E-state index contributed by atoms with van der Waals surface area (Å²) in [7, 11) is -1.49. The molecule has 0 aliphatic carbocycles. The molecule has 0 saturated carbocycles. The molecule has 5 aromatic rings. The Morgan fingerprint density at radius 2 is 1.43 bits per heavy atom. The largest absolute Gasteiger partial charge is 0.488 e. The van der Waals surface area contributed by atoms with E-state index in [-0.39, 0.29) is 0 Å². The average Bonchev–Trinajstić information content (AvgIpc) is 3.12. The summed E-state index contributed by atoms with van der Waals surface area (Å²) in [6, 6.07) is 25.4. The van der Waals surface area contributed by atoms with E-state index in [0.29, 0.717) is 11.3 Å². The molecule has 0 fully saturated rings. The van der Waals surface area contributed by atoms with Crippen molar-refractivity contribution >= 4 is 44.2 Å². The Labute approximate surface area is 165 Å². The van der Waals surface area contributed by atoms with Crippen molar-refractivity contribution in [3.63, 3.8) is 0 Å². The maximum Gasteiger partial charge on any atom is 0.488 e. The highest BCUT2D eigenvalue weighted by Crippen LogP contribution is 2.39. The van der Waals surface area contributed by atoms with Crippen LogP contribution in [-0.2, 0) is 0 Å². The zero-order valence-electron chi connectivity index (χ0n) is 14.8. The number of hydrogen-bond acceptors (Lipinski definition) is 5. The van der Waals surface area contributed by atoms with Crippen molar-refractivity contribution in [2.75, 3.05) is 0 Å². The van der Waals surface area contributed by atoms with E-state index in [1.807, 2.05) is 42.5 Å². The minimum Gasteiger partial charge on any atom is -0.423 e. The summed E-state index contributed by atoms with van der Waals surface area (Å²) < 4.78 is 2.25. The quantitative estimate of drug-likeness (QED) is 0.465. The highest BCUT2D eigenvalue weighted by Gasteiger charge is 2.17. The van der Waals surface area contributed by atoms with Crippen molar-refractivity contribution in [2.24, 2.45) is 0 Å². The molecule has 0 atom stereocenters. The van der Waals surface area contributed by atoms with E-state index >= 15 is 0 Å². The number of aromatic nitrogens is 2. The molecule has 0 bridgehead atoms. The van der Waals surface area contributed by atoms with Crippen LogP contribution in [-0.4, -0.2) is 27.1 Å². The van der Waals surface area contributed by atoms with Gasteiger partial charge >= 0.3 is 7.12 Å². The Kier molecular flexibility index (Phi) is 4.17. The SMILES string of the molecule is OB(O)c1ccc(-c2nc(-c3ccccc3)c3sc4ccccc4c3n2)cc1. The summed E-state index contributed by atoms with van der Waals surface area (Å²) >= 11 is 1.70. The molecule has 0 aliphatic heterocycles. The number of rotatable bonds is 3. The molecule has 2 aromatic heterocycles. The van der Waals surface area contributed by atoms with Crippen molar-refractivity contribution in [3.8, 4) is 22.6 Å². The third-order valence-corrected chi connectivity index (χ3v) is 5.90. The minimum absolute atomic E-state index is 0.439. The fraction of sp³-hybridized carbons (Fsp3) is 0. The standard InChI is InChI=1S/C22H15BN2O2S/c26-23(27)16-12-10-15(11-13-16)22-24-19(14-6-2-1-3-7-14)21-20(25-22)17-8-4-5-9-18(17)28-21/h1-13,26-27H. The normalized spacial score (nSPS) is 11.2. The van der Waals surface area contributed by atoms with Crippen LogP contribution in [0.2, 0.25) is 0 Å². The molecular formula is C22H15BN2O2S. The van der Waals surface area contributed by atoms with E-state index in [4.69, 9.17) is 9.97 Å². The van der Waals surface area contributed by atoms with Crippen molar-refractivity contribution < 1.29 is 10.0 Å². The van der Waals surface area contributed by atoms with Crippen LogP contribution in [0.15, 0.2) is 78.9 Å². The summed E-state index contributed by atoms with van der Waals surface area (Å²) in [5, 5.41) is 19.8. The monoisotopic (exact) mass is 382 g/mol. The second-order valence-corrected chi connectivity index (χ2v) is 7.59. The van der Waals surface area contributed by atoms with Crippen molar-refractivity contribution in [3.05, 3.63) is 78.9 Å². The average molecular weight is 382 g/mol. The Morgan fingerprint density at radius 3 is 2.18 bits per heavy atom. The van der Waals surface area contributed by atoms with Gasteiger partial charge in [0.1, 0.15) is 0 Å². The summed E-state index contributed by atoms with van der Waals surface area (Å²) in [5.41, 5.74) is 4.17. The van der Waals surface area contributed by atoms with Gasteiger partial charge in [-0.1, -0.05) is 72.8 Å². The lowest BCUT2D eigenvalue weighted by molar-refractivity contribution is 0.426. The van der Waals surface area contributed by atoms with Crippen LogP contribution in [0, 0.1) is 0 Å². The predicted molar refractivity (Wildman–Crippen MR) is 116 cm³/mol. The molecule has 0 amide bonds. The summed E-state index contributed by atoms with van der Waals surface area (Å²) in [6.45, 7) is 0. The first-order valence-electron chi connectivity index (χ1n) is 8.92. The van der Waals surface area contributed by atoms with Crippen LogP contribution in [0.4, 0.5) is 0 Å². The van der Waals surface area contributed by atoms with E-state index in [9.17, 15) is 10.0 Å². The zero-order chi connectivity index (χ0) is 19.1. The van der Waals surface area contributed by atoms with Gasteiger partial charge in [0.2, 0.25) is 0 Å². The number of thiophene rings is 1. The lowest BCUT2D eigenvalue weighted by Gasteiger charge is -2.07. The molecule has 2 heterocycles. The van der Waals surface area contributed by atoms with Gasteiger partial charge in [0, 0.05) is 21.2 Å². The summed E-state index contributed by atoms with van der Waals surface area (Å²) in [6.07, 6.45) is 0. The van der Waals surface area contributed by atoms with Gasteiger partial charge in [0.15, 0.2) is 5.82 Å². The van der Waals surface area contributed by atoms with Gasteiger partial charge < -0.3 is 10.0 Å². The molecule has 2 N–H and O–H groups in total. The van der Waals surface area contributed by atoms with E-state index in [1.54, 1.807) is 23.5 Å². The lowest BCUT2D eigenvalue weighted by atomic mass is 9.80. The molecule has 4 nitrogen and oxygen atoms in total. The first-order chi connectivity index (χ1) is 13.7. The molecule has 0 saturated heterocycles. The van der Waals surface area contributed by atoms with Crippen molar-refractivity contribution in [1.29, 1.82) is 0 Å². The first-order valence-corrected chi connectivity index (χ1v) is 9.73. The number of nitrogens with zero attached hydrogens (tertiary/aromatic N) is 2. The van der Waals surface area contributed by atoms with Crippen LogP contribution in [0.1, 0.15) is 0 Å². The van der Waals surface area contributed by atoms with Crippen LogP contribution in [0.25, 0.3) is 42.9 Å². The third-order valence-electron chi connectivity index (χ3n) is 4.73. The maximum atomic E-state index is 9.34. The minimum atomic E-state index is -1.49. The number of fused-ring (bicyclic) bond motifs is 3. The van der Waals surface area contributed by atoms with E-state index in [0.717, 1.165) is 32.4 Å². The van der Waals surface area contributed by atoms with Crippen molar-refractivity contribution in [1.82, 2.24) is 9.97 Å². The molecule has 0 aliphatic rings. The Hall–Kier alpha value is -3.06. The van der Waals surface area contributed by atoms with Crippen LogP contribution < -0.4 is 5.46 Å². The van der Waals surface area contributed by atoms with Crippen LogP contribution >= 0.6 is 11.3 Å². The fourth-order valence-electron chi connectivity index (χ4n) is 3.32. The molecule has 28 heavy (non-hydrogen) atoms. The van der Waals surface area contributed by atoms with Gasteiger partial charge in [-0.25, -0.2) is 9.97 Å². The second kappa shape index (κ2) is 6.84. The van der Waals surface area contributed by atoms with E-state index < -0.39 is 7.12 Å². The highest BCUT2D eigenvalue weighted by molar-refractivity contribution is 7.26. The topological polar surface area (TPSA) is 66.2 Å². The summed E-state index contributed by atoms with van der Waals surface area (Å²) in [5.74, 6) is 0.619. The second-order valence-electron chi connectivity index (χ2n) is 6.53. The molecule has 134 valence electrons. The molecule has 0 unspecified atom stereocenters. The fourth-order valence-corrected chi connectivity index (χ4v) is 4.47. The van der Waals surface area contributed by atoms with Gasteiger partial charge in [-0.3, -0.25) is 0 Å². The third kappa shape index (κ3) is 2.88.